The van der Waals surface area contributed by atoms with Crippen LogP contribution in [-0.4, -0.2) is 69.8 Å². The first-order valence-corrected chi connectivity index (χ1v) is 9.90. The highest BCUT2D eigenvalue weighted by Crippen LogP contribution is 2.23. The van der Waals surface area contributed by atoms with Gasteiger partial charge in [-0.15, -0.1) is 0 Å². The van der Waals surface area contributed by atoms with Crippen LogP contribution < -0.4 is 5.32 Å². The van der Waals surface area contributed by atoms with Crippen molar-refractivity contribution >= 4 is 11.8 Å². The summed E-state index contributed by atoms with van der Waals surface area (Å²) < 4.78 is 0. The number of nitrogens with zero attached hydrogens (tertiary/aromatic N) is 3. The molecule has 1 aromatic heterocycles. The molecule has 7 heteroatoms. The van der Waals surface area contributed by atoms with E-state index in [9.17, 15) is 9.59 Å². The van der Waals surface area contributed by atoms with Gasteiger partial charge in [-0.1, -0.05) is 19.3 Å². The third-order valence-corrected chi connectivity index (χ3v) is 5.59. The van der Waals surface area contributed by atoms with E-state index in [1.807, 2.05) is 4.90 Å². The highest BCUT2D eigenvalue weighted by molar-refractivity contribution is 5.87. The Hall–Kier alpha value is -1.89. The standard InChI is InChI=1S/C19H31N5O2/c1-15(25)22-18(12-16-13-20-14-21-16)19(26)24-9-5-8-23(10-11-24)17-6-3-2-4-7-17/h13-14,17-18H,2-12H2,1H3,(H,20,21)(H,22,25)/t18-/m0/s1. The van der Waals surface area contributed by atoms with Crippen molar-refractivity contribution in [1.29, 1.82) is 0 Å². The summed E-state index contributed by atoms with van der Waals surface area (Å²) in [6.45, 7) is 4.98. The first kappa shape index (κ1) is 18.9. The van der Waals surface area contributed by atoms with Crippen LogP contribution >= 0.6 is 0 Å². The van der Waals surface area contributed by atoms with Crippen LogP contribution in [0.3, 0.4) is 0 Å². The molecular weight excluding hydrogens is 330 g/mol. The zero-order chi connectivity index (χ0) is 18.4. The Kier molecular flexibility index (Phi) is 6.66. The van der Waals surface area contributed by atoms with Gasteiger partial charge in [0.2, 0.25) is 11.8 Å². The Morgan fingerprint density at radius 2 is 2.00 bits per heavy atom. The summed E-state index contributed by atoms with van der Waals surface area (Å²) in [7, 11) is 0. The van der Waals surface area contributed by atoms with E-state index >= 15 is 0 Å². The van der Waals surface area contributed by atoms with Crippen LogP contribution in [0, 0.1) is 0 Å². The third kappa shape index (κ3) is 5.06. The number of H-pyrrole nitrogens is 1. The number of hydrogen-bond donors (Lipinski definition) is 2. The van der Waals surface area contributed by atoms with Gasteiger partial charge >= 0.3 is 0 Å². The van der Waals surface area contributed by atoms with Gasteiger partial charge in [-0.2, -0.15) is 0 Å². The average Bonchev–Trinajstić information content (AvgIpc) is 3.02. The van der Waals surface area contributed by atoms with Gasteiger partial charge in [-0.3, -0.25) is 14.5 Å². The lowest BCUT2D eigenvalue weighted by molar-refractivity contribution is -0.136. The van der Waals surface area contributed by atoms with Crippen molar-refractivity contribution in [3.05, 3.63) is 18.2 Å². The lowest BCUT2D eigenvalue weighted by atomic mass is 9.94. The number of carbonyl (C=O) groups is 2. The van der Waals surface area contributed by atoms with Gasteiger partial charge in [-0.05, 0) is 19.3 Å². The second kappa shape index (κ2) is 9.16. The fourth-order valence-corrected chi connectivity index (χ4v) is 4.25. The summed E-state index contributed by atoms with van der Waals surface area (Å²) in [6.07, 6.45) is 11.4. The molecule has 1 atom stereocenters. The van der Waals surface area contributed by atoms with Crippen molar-refractivity contribution in [2.75, 3.05) is 26.2 Å². The molecule has 2 heterocycles. The maximum Gasteiger partial charge on any atom is 0.245 e. The fourth-order valence-electron chi connectivity index (χ4n) is 4.25. The van der Waals surface area contributed by atoms with Gasteiger partial charge in [0.15, 0.2) is 0 Å². The minimum atomic E-state index is -0.533. The molecule has 1 aliphatic heterocycles. The zero-order valence-corrected chi connectivity index (χ0v) is 15.7. The van der Waals surface area contributed by atoms with E-state index in [0.717, 1.165) is 38.3 Å². The van der Waals surface area contributed by atoms with Crippen molar-refractivity contribution < 1.29 is 9.59 Å². The summed E-state index contributed by atoms with van der Waals surface area (Å²) in [5.74, 6) is -0.165. The predicted molar refractivity (Wildman–Crippen MR) is 99.5 cm³/mol. The van der Waals surface area contributed by atoms with Crippen LogP contribution in [-0.2, 0) is 16.0 Å². The smallest absolute Gasteiger partial charge is 0.245 e. The summed E-state index contributed by atoms with van der Waals surface area (Å²) >= 11 is 0. The van der Waals surface area contributed by atoms with Gasteiger partial charge in [-0.25, -0.2) is 4.98 Å². The normalized spacial score (nSPS) is 21.2. The quantitative estimate of drug-likeness (QED) is 0.829. The largest absolute Gasteiger partial charge is 0.348 e. The molecular formula is C19H31N5O2. The molecule has 0 unspecified atom stereocenters. The molecule has 2 fully saturated rings. The Bertz CT molecular complexity index is 583. The molecule has 2 N–H and O–H groups in total. The molecule has 144 valence electrons. The molecule has 3 rings (SSSR count). The monoisotopic (exact) mass is 361 g/mol. The maximum atomic E-state index is 13.1. The molecule has 1 aliphatic carbocycles. The summed E-state index contributed by atoms with van der Waals surface area (Å²) in [6, 6.07) is 0.157. The number of amides is 2. The molecule has 1 saturated carbocycles. The maximum absolute atomic E-state index is 13.1. The van der Waals surface area contributed by atoms with Crippen LogP contribution in [0.25, 0.3) is 0 Å². The van der Waals surface area contributed by atoms with E-state index in [2.05, 4.69) is 20.2 Å². The van der Waals surface area contributed by atoms with Gasteiger partial charge in [0.05, 0.1) is 6.33 Å². The number of nitrogens with one attached hydrogen (secondary N) is 2. The molecule has 0 radical (unpaired) electrons. The average molecular weight is 361 g/mol. The van der Waals surface area contributed by atoms with Crippen LogP contribution in [0.15, 0.2) is 12.5 Å². The van der Waals surface area contributed by atoms with Crippen molar-refractivity contribution in [2.24, 2.45) is 0 Å². The SMILES string of the molecule is CC(=O)N[C@@H](Cc1cnc[nH]1)C(=O)N1CCCN(C2CCCCC2)CC1. The highest BCUT2D eigenvalue weighted by atomic mass is 16.2. The topological polar surface area (TPSA) is 81.3 Å². The molecule has 0 bridgehead atoms. The van der Waals surface area contributed by atoms with Gasteiger partial charge in [0.1, 0.15) is 6.04 Å². The second-order valence-corrected chi connectivity index (χ2v) is 7.54. The van der Waals surface area contributed by atoms with Gasteiger partial charge < -0.3 is 15.2 Å². The van der Waals surface area contributed by atoms with E-state index in [-0.39, 0.29) is 11.8 Å². The summed E-state index contributed by atoms with van der Waals surface area (Å²) in [5.41, 5.74) is 0.857. The summed E-state index contributed by atoms with van der Waals surface area (Å²) in [5, 5.41) is 2.82. The Morgan fingerprint density at radius 3 is 2.69 bits per heavy atom. The molecule has 0 aromatic carbocycles. The number of aromatic amines is 1. The minimum Gasteiger partial charge on any atom is -0.348 e. The van der Waals surface area contributed by atoms with E-state index in [4.69, 9.17) is 0 Å². The van der Waals surface area contributed by atoms with Gasteiger partial charge in [0, 0.05) is 57.5 Å². The third-order valence-electron chi connectivity index (χ3n) is 5.59. The van der Waals surface area contributed by atoms with Crippen LogP contribution in [0.2, 0.25) is 0 Å². The minimum absolute atomic E-state index is 0.0142. The lowest BCUT2D eigenvalue weighted by Crippen LogP contribution is -2.50. The molecule has 2 aliphatic rings. The number of rotatable bonds is 5. The second-order valence-electron chi connectivity index (χ2n) is 7.54. The van der Waals surface area contributed by atoms with Crippen molar-refractivity contribution in [2.45, 2.75) is 64.0 Å². The van der Waals surface area contributed by atoms with E-state index in [0.29, 0.717) is 12.5 Å². The predicted octanol–water partition coefficient (Wildman–Crippen LogP) is 1.32. The molecule has 2 amide bonds. The Labute approximate surface area is 155 Å². The number of carbonyl (C=O) groups excluding carboxylic acids is 2. The van der Waals surface area contributed by atoms with E-state index < -0.39 is 6.04 Å². The van der Waals surface area contributed by atoms with Gasteiger partial charge in [0.25, 0.3) is 0 Å². The molecule has 1 aromatic rings. The van der Waals surface area contributed by atoms with Crippen LogP contribution in [0.1, 0.15) is 51.1 Å². The zero-order valence-electron chi connectivity index (χ0n) is 15.7. The number of imidazole rings is 1. The number of hydrogen-bond acceptors (Lipinski definition) is 4. The Balaban J connectivity index is 1.60. The highest BCUT2D eigenvalue weighted by Gasteiger charge is 2.29. The fraction of sp³-hybridized carbons (Fsp3) is 0.737. The van der Waals surface area contributed by atoms with Crippen molar-refractivity contribution in [3.63, 3.8) is 0 Å². The molecule has 0 spiro atoms. The number of aromatic nitrogens is 2. The van der Waals surface area contributed by atoms with Crippen molar-refractivity contribution in [1.82, 2.24) is 25.1 Å². The lowest BCUT2D eigenvalue weighted by Gasteiger charge is -2.33. The van der Waals surface area contributed by atoms with E-state index in [1.54, 1.807) is 12.5 Å². The molecule has 26 heavy (non-hydrogen) atoms. The first-order valence-electron chi connectivity index (χ1n) is 9.90. The van der Waals surface area contributed by atoms with E-state index in [1.165, 1.54) is 39.0 Å². The van der Waals surface area contributed by atoms with Crippen molar-refractivity contribution in [3.8, 4) is 0 Å². The molecule has 1 saturated heterocycles. The summed E-state index contributed by atoms with van der Waals surface area (Å²) in [4.78, 5) is 36.2. The Morgan fingerprint density at radius 1 is 1.19 bits per heavy atom. The van der Waals surface area contributed by atoms with Crippen LogP contribution in [0.5, 0.6) is 0 Å². The molecule has 7 nitrogen and oxygen atoms in total. The van der Waals surface area contributed by atoms with Crippen LogP contribution in [0.4, 0.5) is 0 Å². The first-order chi connectivity index (χ1) is 12.6.